The topological polar surface area (TPSA) is 49.0 Å². The Bertz CT molecular complexity index is 632. The van der Waals surface area contributed by atoms with Crippen molar-refractivity contribution >= 4 is 5.91 Å². The summed E-state index contributed by atoms with van der Waals surface area (Å²) in [5, 5.41) is 0. The Kier molecular flexibility index (Phi) is 3.30. The van der Waals surface area contributed by atoms with Crippen LogP contribution in [-0.4, -0.2) is 27.8 Å². The lowest BCUT2D eigenvalue weighted by atomic mass is 9.87. The highest BCUT2D eigenvalue weighted by molar-refractivity contribution is 5.90. The van der Waals surface area contributed by atoms with Crippen LogP contribution in [0.1, 0.15) is 46.3 Å². The van der Waals surface area contributed by atoms with E-state index < -0.39 is 0 Å². The molecule has 0 aliphatic heterocycles. The standard InChI is InChI=1S/C16H19N3O/c1-11-10-17-15(18-11)16(20)19(2)14-9-5-7-12-6-3-4-8-13(12)14/h3-4,6,8,10,14H,5,7,9H2,1-2H3,(H,17,18). The number of rotatable bonds is 2. The van der Waals surface area contributed by atoms with Crippen LogP contribution < -0.4 is 0 Å². The number of carbonyl (C=O) groups excluding carboxylic acids is 1. The van der Waals surface area contributed by atoms with Crippen LogP contribution in [0, 0.1) is 6.92 Å². The summed E-state index contributed by atoms with van der Waals surface area (Å²) in [6.07, 6.45) is 4.93. The zero-order chi connectivity index (χ0) is 14.1. The number of aromatic amines is 1. The van der Waals surface area contributed by atoms with Crippen molar-refractivity contribution in [2.75, 3.05) is 7.05 Å². The molecule has 2 aromatic rings. The molecule has 1 heterocycles. The largest absolute Gasteiger partial charge is 0.338 e. The van der Waals surface area contributed by atoms with Crippen molar-refractivity contribution in [1.29, 1.82) is 0 Å². The minimum Gasteiger partial charge on any atom is -0.338 e. The first-order chi connectivity index (χ1) is 9.66. The molecular formula is C16H19N3O. The molecule has 1 aliphatic carbocycles. The molecule has 0 saturated carbocycles. The van der Waals surface area contributed by atoms with Crippen LogP contribution in [0.5, 0.6) is 0 Å². The molecule has 0 spiro atoms. The average Bonchev–Trinajstić information content (AvgIpc) is 2.91. The number of carbonyl (C=O) groups is 1. The van der Waals surface area contributed by atoms with Gasteiger partial charge in [-0.3, -0.25) is 4.79 Å². The summed E-state index contributed by atoms with van der Waals surface area (Å²) in [6, 6.07) is 8.57. The quantitative estimate of drug-likeness (QED) is 0.911. The predicted molar refractivity (Wildman–Crippen MR) is 77.5 cm³/mol. The first-order valence-corrected chi connectivity index (χ1v) is 7.03. The van der Waals surface area contributed by atoms with Crippen molar-refractivity contribution < 1.29 is 4.79 Å². The third-order valence-corrected chi connectivity index (χ3v) is 4.03. The maximum atomic E-state index is 12.5. The summed E-state index contributed by atoms with van der Waals surface area (Å²) in [5.74, 6) is 0.382. The molecule has 0 fully saturated rings. The van der Waals surface area contributed by atoms with E-state index in [1.165, 1.54) is 11.1 Å². The molecule has 3 rings (SSSR count). The van der Waals surface area contributed by atoms with Crippen molar-refractivity contribution in [3.8, 4) is 0 Å². The molecule has 1 aromatic carbocycles. The summed E-state index contributed by atoms with van der Waals surface area (Å²) in [5.41, 5.74) is 3.54. The van der Waals surface area contributed by atoms with Gasteiger partial charge in [0.2, 0.25) is 0 Å². The van der Waals surface area contributed by atoms with Gasteiger partial charge in [-0.15, -0.1) is 0 Å². The van der Waals surface area contributed by atoms with Gasteiger partial charge in [-0.25, -0.2) is 4.98 Å². The van der Waals surface area contributed by atoms with E-state index >= 15 is 0 Å². The lowest BCUT2D eigenvalue weighted by Crippen LogP contribution is -2.34. The number of aromatic nitrogens is 2. The molecule has 1 N–H and O–H groups in total. The van der Waals surface area contributed by atoms with Crippen molar-refractivity contribution in [3.63, 3.8) is 0 Å². The van der Waals surface area contributed by atoms with Crippen LogP contribution >= 0.6 is 0 Å². The third-order valence-electron chi connectivity index (χ3n) is 4.03. The molecule has 0 bridgehead atoms. The maximum absolute atomic E-state index is 12.5. The zero-order valence-corrected chi connectivity index (χ0v) is 11.9. The Labute approximate surface area is 118 Å². The van der Waals surface area contributed by atoms with Gasteiger partial charge in [-0.05, 0) is 37.3 Å². The molecule has 1 unspecified atom stereocenters. The highest BCUT2D eigenvalue weighted by Crippen LogP contribution is 2.33. The van der Waals surface area contributed by atoms with E-state index in [1.807, 2.05) is 24.9 Å². The van der Waals surface area contributed by atoms with E-state index in [0.29, 0.717) is 5.82 Å². The molecule has 4 nitrogen and oxygen atoms in total. The van der Waals surface area contributed by atoms with Crippen molar-refractivity contribution in [2.45, 2.75) is 32.2 Å². The molecule has 1 amide bonds. The van der Waals surface area contributed by atoms with E-state index in [4.69, 9.17) is 0 Å². The maximum Gasteiger partial charge on any atom is 0.289 e. The third kappa shape index (κ3) is 2.22. The first-order valence-electron chi connectivity index (χ1n) is 7.03. The lowest BCUT2D eigenvalue weighted by Gasteiger charge is -2.32. The summed E-state index contributed by atoms with van der Waals surface area (Å²) >= 11 is 0. The van der Waals surface area contributed by atoms with E-state index in [9.17, 15) is 4.79 Å². The van der Waals surface area contributed by atoms with Gasteiger partial charge in [0, 0.05) is 18.9 Å². The number of fused-ring (bicyclic) bond motifs is 1. The van der Waals surface area contributed by atoms with Crippen LogP contribution in [0.15, 0.2) is 30.5 Å². The smallest absolute Gasteiger partial charge is 0.289 e. The van der Waals surface area contributed by atoms with Crippen LogP contribution in [0.4, 0.5) is 0 Å². The second-order valence-corrected chi connectivity index (χ2v) is 5.44. The fourth-order valence-corrected chi connectivity index (χ4v) is 2.96. The molecule has 1 aromatic heterocycles. The number of H-pyrrole nitrogens is 1. The van der Waals surface area contributed by atoms with Crippen LogP contribution in [0.25, 0.3) is 0 Å². The first kappa shape index (κ1) is 12.9. The average molecular weight is 269 g/mol. The highest BCUT2D eigenvalue weighted by Gasteiger charge is 2.28. The molecule has 104 valence electrons. The normalized spacial score (nSPS) is 17.6. The zero-order valence-electron chi connectivity index (χ0n) is 11.9. The van der Waals surface area contributed by atoms with Gasteiger partial charge in [-0.2, -0.15) is 0 Å². The van der Waals surface area contributed by atoms with Gasteiger partial charge in [0.15, 0.2) is 5.82 Å². The molecule has 4 heteroatoms. The minimum absolute atomic E-state index is 0.0418. The SMILES string of the molecule is Cc1cnc(C(=O)N(C)C2CCCc3ccccc32)[nH]1. The fourth-order valence-electron chi connectivity index (χ4n) is 2.96. The van der Waals surface area contributed by atoms with Crippen molar-refractivity contribution in [2.24, 2.45) is 0 Å². The Morgan fingerprint density at radius 3 is 2.95 bits per heavy atom. The van der Waals surface area contributed by atoms with Gasteiger partial charge in [0.25, 0.3) is 5.91 Å². The van der Waals surface area contributed by atoms with Gasteiger partial charge in [-0.1, -0.05) is 24.3 Å². The highest BCUT2D eigenvalue weighted by atomic mass is 16.2. The number of aryl methyl sites for hydroxylation is 2. The van der Waals surface area contributed by atoms with E-state index in [2.05, 4.69) is 28.2 Å². The second-order valence-electron chi connectivity index (χ2n) is 5.44. The fraction of sp³-hybridized carbons (Fsp3) is 0.375. The lowest BCUT2D eigenvalue weighted by molar-refractivity contribution is 0.0703. The molecule has 0 radical (unpaired) electrons. The number of hydrogen-bond acceptors (Lipinski definition) is 2. The van der Waals surface area contributed by atoms with E-state index in [0.717, 1.165) is 25.0 Å². The van der Waals surface area contributed by atoms with E-state index in [1.54, 1.807) is 6.20 Å². The molecule has 0 saturated heterocycles. The summed E-state index contributed by atoms with van der Waals surface area (Å²) < 4.78 is 0. The Hall–Kier alpha value is -2.10. The van der Waals surface area contributed by atoms with Gasteiger partial charge < -0.3 is 9.88 Å². The number of hydrogen-bond donors (Lipinski definition) is 1. The number of imidazole rings is 1. The van der Waals surface area contributed by atoms with Gasteiger partial charge in [0.1, 0.15) is 0 Å². The second kappa shape index (κ2) is 5.12. The number of amides is 1. The van der Waals surface area contributed by atoms with Gasteiger partial charge >= 0.3 is 0 Å². The van der Waals surface area contributed by atoms with Gasteiger partial charge in [0.05, 0.1) is 6.04 Å². The Morgan fingerprint density at radius 1 is 1.40 bits per heavy atom. The van der Waals surface area contributed by atoms with Crippen LogP contribution in [0.2, 0.25) is 0 Å². The molecule has 20 heavy (non-hydrogen) atoms. The number of nitrogens with zero attached hydrogens (tertiary/aromatic N) is 2. The van der Waals surface area contributed by atoms with E-state index in [-0.39, 0.29) is 11.9 Å². The molecule has 1 aliphatic rings. The molecule has 1 atom stereocenters. The molecular weight excluding hydrogens is 250 g/mol. The van der Waals surface area contributed by atoms with Crippen LogP contribution in [0.3, 0.4) is 0 Å². The Balaban J connectivity index is 1.88. The Morgan fingerprint density at radius 2 is 2.20 bits per heavy atom. The summed E-state index contributed by atoms with van der Waals surface area (Å²) in [7, 11) is 1.87. The number of nitrogens with one attached hydrogen (secondary N) is 1. The number of benzene rings is 1. The minimum atomic E-state index is -0.0418. The summed E-state index contributed by atoms with van der Waals surface area (Å²) in [4.78, 5) is 21.5. The predicted octanol–water partition coefficient (Wildman–Crippen LogP) is 2.87. The van der Waals surface area contributed by atoms with Crippen molar-refractivity contribution in [3.05, 3.63) is 53.1 Å². The summed E-state index contributed by atoms with van der Waals surface area (Å²) in [6.45, 7) is 1.90. The monoisotopic (exact) mass is 269 g/mol. The van der Waals surface area contributed by atoms with Crippen LogP contribution in [-0.2, 0) is 6.42 Å². The van der Waals surface area contributed by atoms with Crippen molar-refractivity contribution in [1.82, 2.24) is 14.9 Å².